The zero-order valence-electron chi connectivity index (χ0n) is 7.93. The Kier molecular flexibility index (Phi) is 1.98. The van der Waals surface area contributed by atoms with Gasteiger partial charge in [-0.1, -0.05) is 6.07 Å². The molecule has 0 radical (unpaired) electrons. The quantitative estimate of drug-likeness (QED) is 0.679. The van der Waals surface area contributed by atoms with Crippen molar-refractivity contribution >= 4 is 0 Å². The first-order valence-electron chi connectivity index (χ1n) is 4.57. The Balaban J connectivity index is 2.52. The summed E-state index contributed by atoms with van der Waals surface area (Å²) in [5.74, 6) is 1.02. The fourth-order valence-corrected chi connectivity index (χ4v) is 1.61. The summed E-state index contributed by atoms with van der Waals surface area (Å²) in [4.78, 5) is 0. The predicted molar refractivity (Wildman–Crippen MR) is 49.7 cm³/mol. The van der Waals surface area contributed by atoms with Gasteiger partial charge < -0.3 is 4.74 Å². The highest BCUT2D eigenvalue weighted by Crippen LogP contribution is 2.45. The molecule has 2 rings (SSSR count). The highest BCUT2D eigenvalue weighted by Gasteiger charge is 2.30. The Morgan fingerprint density at radius 1 is 1.38 bits per heavy atom. The van der Waals surface area contributed by atoms with Gasteiger partial charge in [0.2, 0.25) is 0 Å². The van der Waals surface area contributed by atoms with Gasteiger partial charge in [0.15, 0.2) is 0 Å². The minimum atomic E-state index is -0.0816. The average Bonchev–Trinajstić information content (AvgIpc) is 2.92. The van der Waals surface area contributed by atoms with Crippen LogP contribution in [0.5, 0.6) is 5.75 Å². The maximum atomic E-state index is 13.7. The fraction of sp³-hybridized carbons (Fsp3) is 0.455. The van der Waals surface area contributed by atoms with Gasteiger partial charge in [-0.05, 0) is 37.3 Å². The molecule has 1 nitrogen and oxygen atoms in total. The summed E-state index contributed by atoms with van der Waals surface area (Å²) < 4.78 is 18.8. The highest BCUT2D eigenvalue weighted by atomic mass is 19.1. The molecule has 0 unspecified atom stereocenters. The summed E-state index contributed by atoms with van der Waals surface area (Å²) in [7, 11) is 1.59. The van der Waals surface area contributed by atoms with E-state index in [4.69, 9.17) is 4.74 Å². The van der Waals surface area contributed by atoms with Crippen LogP contribution in [-0.4, -0.2) is 7.11 Å². The molecule has 1 aliphatic carbocycles. The number of hydrogen-bond acceptors (Lipinski definition) is 1. The van der Waals surface area contributed by atoms with Crippen molar-refractivity contribution in [2.75, 3.05) is 7.11 Å². The number of methoxy groups -OCH3 is 1. The molecular weight excluding hydrogens is 167 g/mol. The molecule has 0 heterocycles. The second-order valence-corrected chi connectivity index (χ2v) is 3.59. The molecule has 1 aromatic rings. The Morgan fingerprint density at radius 3 is 2.62 bits per heavy atom. The maximum Gasteiger partial charge on any atom is 0.133 e. The molecule has 0 saturated heterocycles. The van der Waals surface area contributed by atoms with Crippen LogP contribution in [0.15, 0.2) is 12.1 Å². The van der Waals surface area contributed by atoms with Gasteiger partial charge in [0.25, 0.3) is 0 Å². The van der Waals surface area contributed by atoms with Crippen LogP contribution in [0.3, 0.4) is 0 Å². The number of hydrogen-bond donors (Lipinski definition) is 0. The fourth-order valence-electron chi connectivity index (χ4n) is 1.61. The molecule has 0 amide bonds. The molecule has 1 aromatic carbocycles. The number of aryl methyl sites for hydroxylation is 1. The smallest absolute Gasteiger partial charge is 0.133 e. The summed E-state index contributed by atoms with van der Waals surface area (Å²) in [6.07, 6.45) is 2.19. The molecular formula is C11H13FO. The van der Waals surface area contributed by atoms with E-state index in [9.17, 15) is 4.39 Å². The van der Waals surface area contributed by atoms with Crippen LogP contribution in [0, 0.1) is 12.7 Å². The molecule has 0 N–H and O–H groups in total. The van der Waals surface area contributed by atoms with Gasteiger partial charge in [0, 0.05) is 5.56 Å². The number of rotatable bonds is 2. The van der Waals surface area contributed by atoms with E-state index in [1.165, 1.54) is 0 Å². The van der Waals surface area contributed by atoms with Crippen LogP contribution < -0.4 is 4.74 Å². The van der Waals surface area contributed by atoms with Crippen LogP contribution in [0.4, 0.5) is 4.39 Å². The third kappa shape index (κ3) is 1.41. The molecule has 1 aliphatic rings. The van der Waals surface area contributed by atoms with Gasteiger partial charge in [0.05, 0.1) is 7.11 Å². The third-order valence-corrected chi connectivity index (χ3v) is 2.54. The van der Waals surface area contributed by atoms with Crippen molar-refractivity contribution < 1.29 is 9.13 Å². The van der Waals surface area contributed by atoms with Crippen LogP contribution in [0.2, 0.25) is 0 Å². The lowest BCUT2D eigenvalue weighted by Gasteiger charge is -2.09. The zero-order chi connectivity index (χ0) is 9.42. The van der Waals surface area contributed by atoms with E-state index in [0.29, 0.717) is 17.2 Å². The van der Waals surface area contributed by atoms with Crippen molar-refractivity contribution in [2.45, 2.75) is 25.7 Å². The monoisotopic (exact) mass is 180 g/mol. The van der Waals surface area contributed by atoms with Crippen LogP contribution >= 0.6 is 0 Å². The molecule has 0 spiro atoms. The van der Waals surface area contributed by atoms with E-state index in [1.54, 1.807) is 20.1 Å². The standard InChI is InChI=1S/C11H13FO/c1-7-3-6-9(13-2)10(11(7)12)8-4-5-8/h3,6,8H,4-5H2,1-2H3. The topological polar surface area (TPSA) is 9.23 Å². The lowest BCUT2D eigenvalue weighted by molar-refractivity contribution is 0.404. The maximum absolute atomic E-state index is 13.7. The van der Waals surface area contributed by atoms with Crippen molar-refractivity contribution in [3.05, 3.63) is 29.1 Å². The largest absolute Gasteiger partial charge is 0.496 e. The van der Waals surface area contributed by atoms with Gasteiger partial charge >= 0.3 is 0 Å². The summed E-state index contributed by atoms with van der Waals surface area (Å²) in [5, 5.41) is 0. The Hall–Kier alpha value is -1.05. The summed E-state index contributed by atoms with van der Waals surface area (Å²) in [6.45, 7) is 1.79. The van der Waals surface area contributed by atoms with Crippen LogP contribution in [0.1, 0.15) is 29.9 Å². The lowest BCUT2D eigenvalue weighted by atomic mass is 10.1. The molecule has 0 aliphatic heterocycles. The Morgan fingerprint density at radius 2 is 2.08 bits per heavy atom. The number of benzene rings is 1. The van der Waals surface area contributed by atoms with Crippen LogP contribution in [-0.2, 0) is 0 Å². The van der Waals surface area contributed by atoms with E-state index in [0.717, 1.165) is 18.4 Å². The minimum Gasteiger partial charge on any atom is -0.496 e. The van der Waals surface area contributed by atoms with Crippen molar-refractivity contribution in [3.63, 3.8) is 0 Å². The number of halogens is 1. The van der Waals surface area contributed by atoms with Gasteiger partial charge in [-0.15, -0.1) is 0 Å². The van der Waals surface area contributed by atoms with Gasteiger partial charge in [0.1, 0.15) is 11.6 Å². The van der Waals surface area contributed by atoms with Gasteiger partial charge in [-0.25, -0.2) is 4.39 Å². The van der Waals surface area contributed by atoms with E-state index in [-0.39, 0.29) is 5.82 Å². The van der Waals surface area contributed by atoms with Crippen molar-refractivity contribution in [3.8, 4) is 5.75 Å². The number of ether oxygens (including phenoxy) is 1. The van der Waals surface area contributed by atoms with Gasteiger partial charge in [-0.3, -0.25) is 0 Å². The molecule has 70 valence electrons. The molecule has 13 heavy (non-hydrogen) atoms. The predicted octanol–water partition coefficient (Wildman–Crippen LogP) is 3.02. The minimum absolute atomic E-state index is 0.0816. The van der Waals surface area contributed by atoms with Crippen molar-refractivity contribution in [1.29, 1.82) is 0 Å². The van der Waals surface area contributed by atoms with E-state index >= 15 is 0 Å². The van der Waals surface area contributed by atoms with Crippen molar-refractivity contribution in [1.82, 2.24) is 0 Å². The first-order chi connectivity index (χ1) is 6.24. The normalized spacial score (nSPS) is 15.9. The highest BCUT2D eigenvalue weighted by molar-refractivity contribution is 5.42. The molecule has 1 saturated carbocycles. The lowest BCUT2D eigenvalue weighted by Crippen LogP contribution is -1.96. The van der Waals surface area contributed by atoms with Crippen LogP contribution in [0.25, 0.3) is 0 Å². The second-order valence-electron chi connectivity index (χ2n) is 3.59. The SMILES string of the molecule is COc1ccc(C)c(F)c1C1CC1. The van der Waals surface area contributed by atoms with Gasteiger partial charge in [-0.2, -0.15) is 0 Å². The molecule has 0 atom stereocenters. The Labute approximate surface area is 77.5 Å². The molecule has 0 bridgehead atoms. The van der Waals surface area contributed by atoms with E-state index < -0.39 is 0 Å². The second kappa shape index (κ2) is 3.02. The molecule has 0 aromatic heterocycles. The first kappa shape index (κ1) is 8.54. The molecule has 1 fully saturated rings. The molecule has 2 heteroatoms. The first-order valence-corrected chi connectivity index (χ1v) is 4.57. The van der Waals surface area contributed by atoms with E-state index in [2.05, 4.69) is 0 Å². The third-order valence-electron chi connectivity index (χ3n) is 2.54. The summed E-state index contributed by atoms with van der Waals surface area (Å²) in [6, 6.07) is 3.62. The summed E-state index contributed by atoms with van der Waals surface area (Å²) in [5.41, 5.74) is 1.49. The van der Waals surface area contributed by atoms with Crippen molar-refractivity contribution in [2.24, 2.45) is 0 Å². The average molecular weight is 180 g/mol. The van der Waals surface area contributed by atoms with E-state index in [1.807, 2.05) is 6.07 Å². The zero-order valence-corrected chi connectivity index (χ0v) is 7.93. The summed E-state index contributed by atoms with van der Waals surface area (Å²) >= 11 is 0. The Bertz CT molecular complexity index is 329.